The van der Waals surface area contributed by atoms with Crippen LogP contribution < -0.4 is 5.32 Å². The van der Waals surface area contributed by atoms with Crippen LogP contribution in [0.4, 0.5) is 4.79 Å². The van der Waals surface area contributed by atoms with E-state index in [0.717, 1.165) is 0 Å². The van der Waals surface area contributed by atoms with Gasteiger partial charge in [-0.15, -0.1) is 0 Å². The monoisotopic (exact) mass is 331 g/mol. The molecule has 1 unspecified atom stereocenters. The van der Waals surface area contributed by atoms with E-state index in [9.17, 15) is 14.4 Å². The number of nitrogens with one attached hydrogen (secondary N) is 1. The standard InChI is InChI=1S/C16H17N3O5/c20-11-17-8-14-9-19(16(22)24-14)13-3-1-2-12(4-5-13)18-6-7-23-10-15(18)21/h1,3-5,11,14H,6-10H2,(H,17,20). The van der Waals surface area contributed by atoms with Crippen molar-refractivity contribution < 1.29 is 23.9 Å². The molecule has 126 valence electrons. The highest BCUT2D eigenvalue weighted by Gasteiger charge is 2.32. The van der Waals surface area contributed by atoms with Crippen LogP contribution in [0, 0.1) is 0 Å². The smallest absolute Gasteiger partial charge is 0.414 e. The number of amides is 3. The minimum Gasteiger partial charge on any atom is -0.442 e. The molecule has 0 aromatic rings. The molecule has 0 spiro atoms. The zero-order valence-corrected chi connectivity index (χ0v) is 12.9. The van der Waals surface area contributed by atoms with Gasteiger partial charge in [0.05, 0.1) is 25.4 Å². The zero-order valence-electron chi connectivity index (χ0n) is 12.9. The highest BCUT2D eigenvalue weighted by Crippen LogP contribution is 2.21. The number of hydrogen-bond acceptors (Lipinski definition) is 5. The molecule has 0 bridgehead atoms. The molecule has 8 nitrogen and oxygen atoms in total. The van der Waals surface area contributed by atoms with E-state index >= 15 is 0 Å². The number of carbonyl (C=O) groups is 3. The quantitative estimate of drug-likeness (QED) is 0.562. The Bertz CT molecular complexity index is 675. The zero-order chi connectivity index (χ0) is 16.9. The maximum atomic E-state index is 12.0. The van der Waals surface area contributed by atoms with E-state index in [-0.39, 0.29) is 19.1 Å². The van der Waals surface area contributed by atoms with Gasteiger partial charge in [0.15, 0.2) is 0 Å². The second kappa shape index (κ2) is 7.16. The van der Waals surface area contributed by atoms with Gasteiger partial charge in [-0.2, -0.15) is 0 Å². The number of hydrogen-bond donors (Lipinski definition) is 1. The second-order valence-electron chi connectivity index (χ2n) is 5.36. The summed E-state index contributed by atoms with van der Waals surface area (Å²) in [5.74, 6) is -0.120. The number of carbonyl (C=O) groups excluding carboxylic acids is 3. The Morgan fingerprint density at radius 2 is 2.21 bits per heavy atom. The summed E-state index contributed by atoms with van der Waals surface area (Å²) in [4.78, 5) is 37.3. The topological polar surface area (TPSA) is 88.2 Å². The lowest BCUT2D eigenvalue weighted by atomic mass is 10.2. The summed E-state index contributed by atoms with van der Waals surface area (Å²) < 4.78 is 10.3. The number of allylic oxidation sites excluding steroid dienone is 3. The summed E-state index contributed by atoms with van der Waals surface area (Å²) in [5, 5.41) is 2.50. The van der Waals surface area contributed by atoms with E-state index in [0.29, 0.717) is 37.5 Å². The number of rotatable bonds is 5. The van der Waals surface area contributed by atoms with Gasteiger partial charge in [0.2, 0.25) is 6.41 Å². The minimum absolute atomic E-state index is 0.0587. The van der Waals surface area contributed by atoms with E-state index in [2.05, 4.69) is 11.0 Å². The van der Waals surface area contributed by atoms with E-state index in [1.165, 1.54) is 4.90 Å². The molecule has 2 fully saturated rings. The fraction of sp³-hybridized carbons (Fsp3) is 0.375. The first-order chi connectivity index (χ1) is 11.7. The Hall–Kier alpha value is -2.83. The third-order valence-electron chi connectivity index (χ3n) is 3.79. The summed E-state index contributed by atoms with van der Waals surface area (Å²) in [5.41, 5.74) is 4.30. The molecule has 0 aromatic carbocycles. The average Bonchev–Trinajstić information content (AvgIpc) is 2.80. The number of ether oxygens (including phenoxy) is 2. The SMILES string of the molecule is O=CNCC1CN(C2=CC=C=C(N3CCOCC3=O)C=C2)C(=O)O1. The van der Waals surface area contributed by atoms with Crippen molar-refractivity contribution in [2.75, 3.05) is 32.8 Å². The van der Waals surface area contributed by atoms with E-state index in [1.54, 1.807) is 29.2 Å². The molecule has 2 aliphatic heterocycles. The van der Waals surface area contributed by atoms with Gasteiger partial charge in [-0.1, -0.05) is 5.73 Å². The van der Waals surface area contributed by atoms with Gasteiger partial charge in [0.25, 0.3) is 5.91 Å². The van der Waals surface area contributed by atoms with Gasteiger partial charge in [-0.3, -0.25) is 14.5 Å². The Morgan fingerprint density at radius 1 is 1.33 bits per heavy atom. The first-order valence-corrected chi connectivity index (χ1v) is 7.57. The van der Waals surface area contributed by atoms with Crippen LogP contribution in [0.15, 0.2) is 41.4 Å². The maximum Gasteiger partial charge on any atom is 0.414 e. The summed E-state index contributed by atoms with van der Waals surface area (Å²) >= 11 is 0. The molecule has 3 rings (SSSR count). The van der Waals surface area contributed by atoms with Gasteiger partial charge in [0.1, 0.15) is 12.7 Å². The lowest BCUT2D eigenvalue weighted by Gasteiger charge is -2.26. The van der Waals surface area contributed by atoms with Gasteiger partial charge in [-0.05, 0) is 24.3 Å². The third-order valence-corrected chi connectivity index (χ3v) is 3.79. The van der Waals surface area contributed by atoms with Gasteiger partial charge in [0, 0.05) is 12.2 Å². The van der Waals surface area contributed by atoms with Crippen molar-refractivity contribution in [1.82, 2.24) is 15.1 Å². The van der Waals surface area contributed by atoms with Crippen LogP contribution in [0.3, 0.4) is 0 Å². The van der Waals surface area contributed by atoms with Crippen molar-refractivity contribution in [2.45, 2.75) is 6.10 Å². The molecule has 0 radical (unpaired) electrons. The summed E-state index contributed by atoms with van der Waals surface area (Å²) in [6.45, 7) is 1.62. The van der Waals surface area contributed by atoms with Crippen molar-refractivity contribution in [2.24, 2.45) is 0 Å². The van der Waals surface area contributed by atoms with Gasteiger partial charge in [-0.25, -0.2) is 4.79 Å². The van der Waals surface area contributed by atoms with Crippen molar-refractivity contribution in [1.29, 1.82) is 0 Å². The van der Waals surface area contributed by atoms with Crippen molar-refractivity contribution >= 4 is 18.4 Å². The fourth-order valence-corrected chi connectivity index (χ4v) is 2.62. The molecule has 24 heavy (non-hydrogen) atoms. The average molecular weight is 331 g/mol. The molecule has 3 amide bonds. The molecule has 1 N–H and O–H groups in total. The second-order valence-corrected chi connectivity index (χ2v) is 5.36. The van der Waals surface area contributed by atoms with E-state index in [1.807, 2.05) is 0 Å². The number of morpholine rings is 1. The highest BCUT2D eigenvalue weighted by atomic mass is 16.6. The van der Waals surface area contributed by atoms with Gasteiger partial charge >= 0.3 is 6.09 Å². The highest BCUT2D eigenvalue weighted by molar-refractivity contribution is 5.80. The molecule has 2 saturated heterocycles. The number of nitrogens with zero attached hydrogens (tertiary/aromatic N) is 2. The van der Waals surface area contributed by atoms with Crippen LogP contribution in [-0.4, -0.2) is 67.2 Å². The lowest BCUT2D eigenvalue weighted by Crippen LogP contribution is -2.40. The maximum absolute atomic E-state index is 12.0. The Labute approximate surface area is 138 Å². The fourth-order valence-electron chi connectivity index (χ4n) is 2.62. The van der Waals surface area contributed by atoms with Crippen molar-refractivity contribution in [3.05, 3.63) is 41.4 Å². The molecule has 0 aromatic heterocycles. The Balaban J connectivity index is 1.68. The summed E-state index contributed by atoms with van der Waals surface area (Å²) in [7, 11) is 0. The first-order valence-electron chi connectivity index (χ1n) is 7.57. The molecule has 8 heteroatoms. The molecule has 0 saturated carbocycles. The van der Waals surface area contributed by atoms with Crippen LogP contribution >= 0.6 is 0 Å². The molecule has 1 aliphatic carbocycles. The van der Waals surface area contributed by atoms with Crippen LogP contribution in [0.25, 0.3) is 0 Å². The predicted octanol–water partition coefficient (Wildman–Crippen LogP) is -0.0953. The van der Waals surface area contributed by atoms with Crippen molar-refractivity contribution in [3.63, 3.8) is 0 Å². The lowest BCUT2D eigenvalue weighted by molar-refractivity contribution is -0.139. The molecule has 1 atom stereocenters. The number of cyclic esters (lactones) is 1. The Kier molecular flexibility index (Phi) is 4.79. The molecular formula is C16H17N3O5. The third kappa shape index (κ3) is 3.40. The van der Waals surface area contributed by atoms with E-state index in [4.69, 9.17) is 9.47 Å². The largest absolute Gasteiger partial charge is 0.442 e. The summed E-state index contributed by atoms with van der Waals surface area (Å²) in [6, 6.07) is 0. The van der Waals surface area contributed by atoms with Crippen molar-refractivity contribution in [3.8, 4) is 0 Å². The first kappa shape index (κ1) is 16.0. The van der Waals surface area contributed by atoms with Crippen LogP contribution in [0.1, 0.15) is 0 Å². The molecule has 2 heterocycles. The predicted molar refractivity (Wildman–Crippen MR) is 82.4 cm³/mol. The minimum atomic E-state index is -0.470. The summed E-state index contributed by atoms with van der Waals surface area (Å²) in [6.07, 6.45) is 6.58. The Morgan fingerprint density at radius 3 is 3.00 bits per heavy atom. The van der Waals surface area contributed by atoms with Gasteiger partial charge < -0.3 is 19.7 Å². The van der Waals surface area contributed by atoms with Crippen LogP contribution in [-0.2, 0) is 19.1 Å². The normalized spacial score (nSPS) is 23.6. The van der Waals surface area contributed by atoms with E-state index < -0.39 is 12.2 Å². The molecular weight excluding hydrogens is 314 g/mol. The van der Waals surface area contributed by atoms with Crippen LogP contribution in [0.2, 0.25) is 0 Å². The molecule has 3 aliphatic rings. The van der Waals surface area contributed by atoms with Crippen LogP contribution in [0.5, 0.6) is 0 Å².